The molecule has 2 heteroatoms. The van der Waals surface area contributed by atoms with Crippen LogP contribution in [0.2, 0.25) is 0 Å². The number of nitrogens with two attached hydrogens (primary N) is 1. The fourth-order valence-electron chi connectivity index (χ4n) is 2.13. The van der Waals surface area contributed by atoms with Crippen LogP contribution in [0.5, 0.6) is 0 Å². The fraction of sp³-hybridized carbons (Fsp3) is 1.00. The Morgan fingerprint density at radius 3 is 2.77 bits per heavy atom. The molecule has 0 heterocycles. The first-order chi connectivity index (χ1) is 6.27. The van der Waals surface area contributed by atoms with Gasteiger partial charge < -0.3 is 10.5 Å². The second-order valence-electron chi connectivity index (χ2n) is 4.32. The maximum atomic E-state index is 5.83. The molecular formula is C11H23NO. The van der Waals surface area contributed by atoms with E-state index in [1.165, 1.54) is 19.3 Å². The fourth-order valence-corrected chi connectivity index (χ4v) is 2.13. The van der Waals surface area contributed by atoms with E-state index in [0.29, 0.717) is 12.0 Å². The van der Waals surface area contributed by atoms with Crippen LogP contribution >= 0.6 is 0 Å². The predicted octanol–water partition coefficient (Wildman–Crippen LogP) is 2.18. The highest BCUT2D eigenvalue weighted by Gasteiger charge is 2.27. The predicted molar refractivity (Wildman–Crippen MR) is 55.6 cm³/mol. The summed E-state index contributed by atoms with van der Waals surface area (Å²) >= 11 is 0. The average molecular weight is 185 g/mol. The topological polar surface area (TPSA) is 35.2 Å². The van der Waals surface area contributed by atoms with Gasteiger partial charge in [-0.3, -0.25) is 0 Å². The molecule has 1 aliphatic rings. The summed E-state index contributed by atoms with van der Waals surface area (Å²) < 4.78 is 5.83. The molecule has 0 amide bonds. The molecule has 1 rings (SSSR count). The zero-order valence-electron chi connectivity index (χ0n) is 8.96. The van der Waals surface area contributed by atoms with Crippen LogP contribution in [-0.4, -0.2) is 19.3 Å². The number of hydrogen-bond donors (Lipinski definition) is 1. The highest BCUT2D eigenvalue weighted by Crippen LogP contribution is 2.30. The zero-order chi connectivity index (χ0) is 9.68. The molecule has 0 aromatic heterocycles. The third kappa shape index (κ3) is 3.28. The molecule has 1 fully saturated rings. The van der Waals surface area contributed by atoms with Crippen LogP contribution < -0.4 is 5.73 Å². The van der Waals surface area contributed by atoms with Crippen molar-refractivity contribution >= 4 is 0 Å². The molecule has 0 spiro atoms. The quantitative estimate of drug-likeness (QED) is 0.728. The molecule has 0 aromatic rings. The van der Waals surface area contributed by atoms with Crippen LogP contribution in [-0.2, 0) is 4.74 Å². The minimum Gasteiger partial charge on any atom is -0.378 e. The summed E-state index contributed by atoms with van der Waals surface area (Å²) in [5.41, 5.74) is 5.73. The second kappa shape index (κ2) is 5.61. The summed E-state index contributed by atoms with van der Waals surface area (Å²) in [5.74, 6) is 1.44. The van der Waals surface area contributed by atoms with Gasteiger partial charge in [-0.2, -0.15) is 0 Å². The van der Waals surface area contributed by atoms with Gasteiger partial charge in [0.05, 0.1) is 6.10 Å². The Morgan fingerprint density at radius 1 is 1.38 bits per heavy atom. The summed E-state index contributed by atoms with van der Waals surface area (Å²) in [6.07, 6.45) is 5.35. The van der Waals surface area contributed by atoms with Crippen molar-refractivity contribution in [3.05, 3.63) is 0 Å². The van der Waals surface area contributed by atoms with Crippen LogP contribution in [0.4, 0.5) is 0 Å². The van der Waals surface area contributed by atoms with Gasteiger partial charge in [-0.15, -0.1) is 0 Å². The van der Waals surface area contributed by atoms with Crippen molar-refractivity contribution < 1.29 is 4.74 Å². The standard InChI is InChI=1S/C11H23NO/c1-3-6-13-11-7-9(2)4-5-10(11)8-12/h9-11H,3-8,12H2,1-2H3. The first kappa shape index (κ1) is 11.0. The van der Waals surface area contributed by atoms with Crippen molar-refractivity contribution in [2.45, 2.75) is 45.6 Å². The van der Waals surface area contributed by atoms with Crippen molar-refractivity contribution in [1.29, 1.82) is 0 Å². The van der Waals surface area contributed by atoms with Gasteiger partial charge in [0.2, 0.25) is 0 Å². The molecule has 1 saturated carbocycles. The Morgan fingerprint density at radius 2 is 2.15 bits per heavy atom. The van der Waals surface area contributed by atoms with Gasteiger partial charge in [0.1, 0.15) is 0 Å². The molecule has 2 nitrogen and oxygen atoms in total. The molecule has 1 aliphatic carbocycles. The number of rotatable bonds is 4. The molecule has 2 N–H and O–H groups in total. The lowest BCUT2D eigenvalue weighted by Crippen LogP contribution is -2.35. The van der Waals surface area contributed by atoms with Gasteiger partial charge in [0, 0.05) is 6.61 Å². The van der Waals surface area contributed by atoms with E-state index in [2.05, 4.69) is 13.8 Å². The maximum Gasteiger partial charge on any atom is 0.0617 e. The molecule has 3 unspecified atom stereocenters. The molecule has 0 saturated heterocycles. The van der Waals surface area contributed by atoms with E-state index in [-0.39, 0.29) is 0 Å². The van der Waals surface area contributed by atoms with Crippen molar-refractivity contribution in [2.24, 2.45) is 17.6 Å². The van der Waals surface area contributed by atoms with Gasteiger partial charge in [-0.1, -0.05) is 20.3 Å². The first-order valence-corrected chi connectivity index (χ1v) is 5.59. The third-order valence-corrected chi connectivity index (χ3v) is 3.03. The largest absolute Gasteiger partial charge is 0.378 e. The lowest BCUT2D eigenvalue weighted by molar-refractivity contribution is -0.0204. The lowest BCUT2D eigenvalue weighted by atomic mass is 9.80. The minimum absolute atomic E-state index is 0.439. The Kier molecular flexibility index (Phi) is 4.74. The van der Waals surface area contributed by atoms with E-state index >= 15 is 0 Å². The summed E-state index contributed by atoms with van der Waals surface area (Å²) in [4.78, 5) is 0. The van der Waals surface area contributed by atoms with Gasteiger partial charge in [-0.25, -0.2) is 0 Å². The summed E-state index contributed by atoms with van der Waals surface area (Å²) in [6, 6.07) is 0. The zero-order valence-corrected chi connectivity index (χ0v) is 8.96. The Hall–Kier alpha value is -0.0800. The van der Waals surface area contributed by atoms with E-state index in [1.54, 1.807) is 0 Å². The minimum atomic E-state index is 0.439. The Labute approximate surface area is 81.8 Å². The van der Waals surface area contributed by atoms with Gasteiger partial charge >= 0.3 is 0 Å². The van der Waals surface area contributed by atoms with Crippen LogP contribution in [0.1, 0.15) is 39.5 Å². The van der Waals surface area contributed by atoms with E-state index in [4.69, 9.17) is 10.5 Å². The van der Waals surface area contributed by atoms with Crippen molar-refractivity contribution in [1.82, 2.24) is 0 Å². The van der Waals surface area contributed by atoms with Gasteiger partial charge in [0.15, 0.2) is 0 Å². The van der Waals surface area contributed by atoms with Crippen molar-refractivity contribution in [3.63, 3.8) is 0 Å². The SMILES string of the molecule is CCCOC1CC(C)CCC1CN. The highest BCUT2D eigenvalue weighted by molar-refractivity contribution is 4.79. The molecule has 0 aromatic carbocycles. The molecule has 0 bridgehead atoms. The van der Waals surface area contributed by atoms with Crippen LogP contribution in [0, 0.1) is 11.8 Å². The number of ether oxygens (including phenoxy) is 1. The number of hydrogen-bond acceptors (Lipinski definition) is 2. The molecule has 0 aliphatic heterocycles. The highest BCUT2D eigenvalue weighted by atomic mass is 16.5. The van der Waals surface area contributed by atoms with E-state index in [1.807, 2.05) is 0 Å². The lowest BCUT2D eigenvalue weighted by Gasteiger charge is -2.34. The van der Waals surface area contributed by atoms with Crippen molar-refractivity contribution in [2.75, 3.05) is 13.2 Å². The Bertz CT molecular complexity index is 138. The smallest absolute Gasteiger partial charge is 0.0617 e. The van der Waals surface area contributed by atoms with Crippen LogP contribution in [0.15, 0.2) is 0 Å². The summed E-state index contributed by atoms with van der Waals surface area (Å²) in [7, 11) is 0. The molecule has 13 heavy (non-hydrogen) atoms. The van der Waals surface area contributed by atoms with Crippen molar-refractivity contribution in [3.8, 4) is 0 Å². The average Bonchev–Trinajstić information content (AvgIpc) is 2.15. The van der Waals surface area contributed by atoms with Gasteiger partial charge in [-0.05, 0) is 37.6 Å². The maximum absolute atomic E-state index is 5.83. The second-order valence-corrected chi connectivity index (χ2v) is 4.32. The first-order valence-electron chi connectivity index (χ1n) is 5.59. The molecule has 78 valence electrons. The summed E-state index contributed by atoms with van der Waals surface area (Å²) in [6.45, 7) is 6.16. The van der Waals surface area contributed by atoms with E-state index in [0.717, 1.165) is 25.5 Å². The third-order valence-electron chi connectivity index (χ3n) is 3.03. The van der Waals surface area contributed by atoms with Crippen LogP contribution in [0.25, 0.3) is 0 Å². The molecule has 0 radical (unpaired) electrons. The normalized spacial score (nSPS) is 34.8. The molecular weight excluding hydrogens is 162 g/mol. The Balaban J connectivity index is 2.35. The summed E-state index contributed by atoms with van der Waals surface area (Å²) in [5, 5.41) is 0. The van der Waals surface area contributed by atoms with E-state index < -0.39 is 0 Å². The van der Waals surface area contributed by atoms with E-state index in [9.17, 15) is 0 Å². The monoisotopic (exact) mass is 185 g/mol. The van der Waals surface area contributed by atoms with Gasteiger partial charge in [0.25, 0.3) is 0 Å². The van der Waals surface area contributed by atoms with Crippen LogP contribution in [0.3, 0.4) is 0 Å². The molecule has 3 atom stereocenters.